The van der Waals surface area contributed by atoms with Crippen molar-refractivity contribution >= 4 is 41.0 Å². The molecule has 0 spiro atoms. The van der Waals surface area contributed by atoms with E-state index in [2.05, 4.69) is 15.4 Å². The van der Waals surface area contributed by atoms with Gasteiger partial charge >= 0.3 is 0 Å². The summed E-state index contributed by atoms with van der Waals surface area (Å²) >= 11 is 6.49. The molecule has 0 radical (unpaired) electrons. The van der Waals surface area contributed by atoms with Crippen LogP contribution in [0.4, 0.5) is 11.9 Å². The van der Waals surface area contributed by atoms with Crippen molar-refractivity contribution in [2.45, 2.75) is 25.8 Å². The summed E-state index contributed by atoms with van der Waals surface area (Å²) < 4.78 is 1.66. The van der Waals surface area contributed by atoms with Gasteiger partial charge in [0.2, 0.25) is 17.8 Å². The molecule has 2 aliphatic rings. The molecule has 3 heterocycles. The number of nitrogens with zero attached hydrogens (tertiary/aromatic N) is 4. The number of carbonyl (C=O) groups excluding carboxylic acids is 2. The third-order valence-corrected chi connectivity index (χ3v) is 5.64. The van der Waals surface area contributed by atoms with E-state index in [4.69, 9.17) is 11.6 Å². The molecule has 3 aromatic rings. The fourth-order valence-electron chi connectivity index (χ4n) is 3.71. The van der Waals surface area contributed by atoms with Gasteiger partial charge in [-0.15, -0.1) is 5.10 Å². The van der Waals surface area contributed by atoms with Gasteiger partial charge in [0, 0.05) is 23.6 Å². The number of aromatic nitrogens is 3. The van der Waals surface area contributed by atoms with E-state index in [0.29, 0.717) is 11.0 Å². The first-order valence-corrected chi connectivity index (χ1v) is 10.0. The Labute approximate surface area is 178 Å². The molecule has 1 atom stereocenters. The Morgan fingerprint density at radius 3 is 2.43 bits per heavy atom. The molecule has 2 amide bonds. The van der Waals surface area contributed by atoms with E-state index < -0.39 is 0 Å². The van der Waals surface area contributed by atoms with Crippen LogP contribution >= 0.6 is 11.6 Å². The number of halogens is 1. The van der Waals surface area contributed by atoms with Crippen molar-refractivity contribution in [3.8, 4) is 0 Å². The number of carbonyl (C=O) groups is 2. The highest BCUT2D eigenvalue weighted by molar-refractivity contribution is 6.31. The van der Waals surface area contributed by atoms with E-state index in [-0.39, 0.29) is 36.6 Å². The molecule has 1 saturated heterocycles. The second kappa shape index (κ2) is 7.11. The molecule has 7 nitrogen and oxygen atoms in total. The average molecular weight is 420 g/mol. The number of benzene rings is 2. The zero-order valence-electron chi connectivity index (χ0n) is 16.2. The van der Waals surface area contributed by atoms with E-state index in [1.54, 1.807) is 4.68 Å². The molecular formula is C22H18ClN5O2. The lowest BCUT2D eigenvalue weighted by atomic mass is 10.0. The third-order valence-electron chi connectivity index (χ3n) is 5.29. The van der Waals surface area contributed by atoms with E-state index in [9.17, 15) is 9.59 Å². The number of rotatable bonds is 3. The average Bonchev–Trinajstić information content (AvgIpc) is 3.30. The van der Waals surface area contributed by atoms with Crippen molar-refractivity contribution in [1.29, 1.82) is 0 Å². The number of fused-ring (bicyclic) bond motifs is 1. The lowest BCUT2D eigenvalue weighted by Crippen LogP contribution is -2.29. The number of imide groups is 1. The van der Waals surface area contributed by atoms with E-state index in [0.717, 1.165) is 27.3 Å². The number of nitrogens with one attached hydrogen (secondary N) is 1. The van der Waals surface area contributed by atoms with Crippen LogP contribution in [0, 0.1) is 6.92 Å². The summed E-state index contributed by atoms with van der Waals surface area (Å²) in [5.41, 5.74) is 3.85. The first kappa shape index (κ1) is 18.6. The van der Waals surface area contributed by atoms with Gasteiger partial charge < -0.3 is 5.32 Å². The van der Waals surface area contributed by atoms with Gasteiger partial charge in [-0.2, -0.15) is 4.98 Å². The maximum Gasteiger partial charge on any atom is 0.260 e. The van der Waals surface area contributed by atoms with Crippen LogP contribution in [0.2, 0.25) is 5.02 Å². The molecule has 0 saturated carbocycles. The van der Waals surface area contributed by atoms with Crippen LogP contribution in [0.25, 0.3) is 5.70 Å². The van der Waals surface area contributed by atoms with Gasteiger partial charge in [0.25, 0.3) is 5.95 Å². The Kier molecular flexibility index (Phi) is 4.40. The highest BCUT2D eigenvalue weighted by Crippen LogP contribution is 2.36. The highest BCUT2D eigenvalue weighted by Gasteiger charge is 2.36. The van der Waals surface area contributed by atoms with Gasteiger partial charge in [-0.1, -0.05) is 59.6 Å². The molecule has 1 aromatic heterocycles. The minimum absolute atomic E-state index is 0.0839. The van der Waals surface area contributed by atoms with Gasteiger partial charge in [-0.25, -0.2) is 9.58 Å². The summed E-state index contributed by atoms with van der Waals surface area (Å²) in [6.07, 6.45) is 2.37. The zero-order chi connectivity index (χ0) is 20.8. The minimum Gasteiger partial charge on any atom is -0.324 e. The molecule has 30 heavy (non-hydrogen) atoms. The van der Waals surface area contributed by atoms with Gasteiger partial charge in [-0.3, -0.25) is 9.59 Å². The first-order chi connectivity index (χ1) is 14.5. The summed E-state index contributed by atoms with van der Waals surface area (Å²) in [5, 5.41) is 8.38. The Hall–Kier alpha value is -3.45. The molecule has 2 aliphatic heterocycles. The topological polar surface area (TPSA) is 80.1 Å². The van der Waals surface area contributed by atoms with Gasteiger partial charge in [-0.05, 0) is 30.2 Å². The summed E-state index contributed by atoms with van der Waals surface area (Å²) in [6, 6.07) is 15.3. The van der Waals surface area contributed by atoms with Gasteiger partial charge in [0.15, 0.2) is 0 Å². The van der Waals surface area contributed by atoms with Gasteiger partial charge in [0.1, 0.15) is 6.04 Å². The summed E-state index contributed by atoms with van der Waals surface area (Å²) in [5.74, 6) is -0.0472. The Balaban J connectivity index is 1.63. The summed E-state index contributed by atoms with van der Waals surface area (Å²) in [6.45, 7) is 2.03. The fraction of sp³-hybridized carbons (Fsp3) is 0.182. The largest absolute Gasteiger partial charge is 0.324 e. The molecule has 1 N–H and O–H groups in total. The van der Waals surface area contributed by atoms with Crippen molar-refractivity contribution in [1.82, 2.24) is 14.8 Å². The highest BCUT2D eigenvalue weighted by atomic mass is 35.5. The molecule has 150 valence electrons. The van der Waals surface area contributed by atoms with Crippen LogP contribution in [-0.2, 0) is 9.59 Å². The normalized spacial score (nSPS) is 18.3. The fourth-order valence-corrected chi connectivity index (χ4v) is 3.96. The Bertz CT molecular complexity index is 1180. The van der Waals surface area contributed by atoms with E-state index in [1.807, 2.05) is 61.5 Å². The van der Waals surface area contributed by atoms with Crippen LogP contribution in [0.1, 0.15) is 35.6 Å². The van der Waals surface area contributed by atoms with E-state index in [1.165, 1.54) is 0 Å². The molecule has 0 aliphatic carbocycles. The molecular weight excluding hydrogens is 402 g/mol. The molecule has 8 heteroatoms. The zero-order valence-corrected chi connectivity index (χ0v) is 16.9. The SMILES string of the molecule is Cc1ccc(C2=CC(c3ccccc3Cl)n3nc(N4C(=O)CCC4=O)nc3N2)cc1. The van der Waals surface area contributed by atoms with Gasteiger partial charge in [0.05, 0.1) is 0 Å². The first-order valence-electron chi connectivity index (χ1n) is 9.64. The van der Waals surface area contributed by atoms with Crippen LogP contribution in [0.3, 0.4) is 0 Å². The van der Waals surface area contributed by atoms with Crippen molar-refractivity contribution < 1.29 is 9.59 Å². The number of hydrogen-bond acceptors (Lipinski definition) is 5. The molecule has 2 aromatic carbocycles. The van der Waals surface area contributed by atoms with Crippen LogP contribution < -0.4 is 10.2 Å². The molecule has 0 bridgehead atoms. The number of hydrogen-bond donors (Lipinski definition) is 1. The molecule has 1 fully saturated rings. The quantitative estimate of drug-likeness (QED) is 0.650. The minimum atomic E-state index is -0.347. The smallest absolute Gasteiger partial charge is 0.260 e. The number of allylic oxidation sites excluding steroid dienone is 1. The Morgan fingerprint density at radius 1 is 1.03 bits per heavy atom. The lowest BCUT2D eigenvalue weighted by Gasteiger charge is -2.25. The third kappa shape index (κ3) is 3.07. The maximum atomic E-state index is 12.2. The van der Waals surface area contributed by atoms with Crippen molar-refractivity contribution in [2.24, 2.45) is 0 Å². The van der Waals surface area contributed by atoms with Crippen molar-refractivity contribution in [3.05, 3.63) is 76.3 Å². The Morgan fingerprint density at radius 2 is 1.73 bits per heavy atom. The summed E-state index contributed by atoms with van der Waals surface area (Å²) in [7, 11) is 0. The van der Waals surface area contributed by atoms with Crippen molar-refractivity contribution in [2.75, 3.05) is 10.2 Å². The predicted octanol–water partition coefficient (Wildman–Crippen LogP) is 3.95. The van der Waals surface area contributed by atoms with Crippen LogP contribution in [0.5, 0.6) is 0 Å². The van der Waals surface area contributed by atoms with Crippen LogP contribution in [0.15, 0.2) is 54.6 Å². The number of amides is 2. The summed E-state index contributed by atoms with van der Waals surface area (Å²) in [4.78, 5) is 29.9. The monoisotopic (exact) mass is 419 g/mol. The van der Waals surface area contributed by atoms with Crippen molar-refractivity contribution in [3.63, 3.8) is 0 Å². The molecule has 1 unspecified atom stereocenters. The maximum absolute atomic E-state index is 12.2. The number of aryl methyl sites for hydroxylation is 1. The second-order valence-corrected chi connectivity index (χ2v) is 7.75. The lowest BCUT2D eigenvalue weighted by molar-refractivity contribution is -0.121. The standard InChI is InChI=1S/C22H18ClN5O2/c1-13-6-8-14(9-7-13)17-12-18(15-4-2-3-5-16(15)23)28-21(24-17)25-22(26-28)27-19(29)10-11-20(27)30/h2-9,12,18H,10-11H2,1H3,(H,24,25,26). The number of anilines is 2. The molecule has 5 rings (SSSR count). The van der Waals surface area contributed by atoms with E-state index >= 15 is 0 Å². The second-order valence-electron chi connectivity index (χ2n) is 7.34. The predicted molar refractivity (Wildman–Crippen MR) is 114 cm³/mol. The van der Waals surface area contributed by atoms with Crippen LogP contribution in [-0.4, -0.2) is 26.6 Å².